The minimum absolute atomic E-state index is 0.170. The lowest BCUT2D eigenvalue weighted by Gasteiger charge is -2.24. The number of unbranched alkanes of at least 4 members (excludes halogenated alkanes) is 1. The fourth-order valence-electron chi connectivity index (χ4n) is 1.57. The minimum atomic E-state index is -0.170. The van der Waals surface area contributed by atoms with Gasteiger partial charge in [0.2, 0.25) is 0 Å². The van der Waals surface area contributed by atoms with Gasteiger partial charge in [-0.3, -0.25) is 0 Å². The number of methoxy groups -OCH3 is 1. The van der Waals surface area contributed by atoms with E-state index in [-0.39, 0.29) is 5.41 Å². The van der Waals surface area contributed by atoms with Crippen molar-refractivity contribution in [1.29, 1.82) is 5.26 Å². The number of nitriles is 1. The molecule has 0 amide bonds. The molecule has 0 N–H and O–H groups in total. The average Bonchev–Trinajstić information content (AvgIpc) is 2.24. The summed E-state index contributed by atoms with van der Waals surface area (Å²) < 4.78 is 5.12. The Morgan fingerprint density at radius 3 is 2.50 bits per heavy atom. The van der Waals surface area contributed by atoms with Crippen molar-refractivity contribution in [1.82, 2.24) is 4.90 Å². The number of rotatable bonds is 8. The van der Waals surface area contributed by atoms with E-state index in [2.05, 4.69) is 24.9 Å². The van der Waals surface area contributed by atoms with Crippen molar-refractivity contribution in [3.8, 4) is 6.07 Å². The summed E-state index contributed by atoms with van der Waals surface area (Å²) in [5.41, 5.74) is -0.170. The van der Waals surface area contributed by atoms with E-state index in [1.165, 1.54) is 0 Å². The average molecular weight is 226 g/mol. The highest BCUT2D eigenvalue weighted by molar-refractivity contribution is 4.91. The summed E-state index contributed by atoms with van der Waals surface area (Å²) in [5, 5.41) is 8.88. The van der Waals surface area contributed by atoms with Crippen molar-refractivity contribution in [2.24, 2.45) is 5.41 Å². The molecule has 0 aromatic heterocycles. The third kappa shape index (κ3) is 6.81. The van der Waals surface area contributed by atoms with Gasteiger partial charge in [0, 0.05) is 13.2 Å². The predicted molar refractivity (Wildman–Crippen MR) is 67.2 cm³/mol. The number of hydrogen-bond donors (Lipinski definition) is 0. The second-order valence-corrected chi connectivity index (χ2v) is 5.24. The summed E-state index contributed by atoms with van der Waals surface area (Å²) in [7, 11) is 3.86. The molecule has 0 spiro atoms. The summed E-state index contributed by atoms with van der Waals surface area (Å²) in [5.74, 6) is 0. The molecule has 3 heteroatoms. The van der Waals surface area contributed by atoms with Crippen LogP contribution >= 0.6 is 0 Å². The third-order valence-corrected chi connectivity index (χ3v) is 3.03. The van der Waals surface area contributed by atoms with Gasteiger partial charge in [0.1, 0.15) is 0 Å². The van der Waals surface area contributed by atoms with Gasteiger partial charge in [-0.2, -0.15) is 5.26 Å². The molecule has 3 nitrogen and oxygen atoms in total. The van der Waals surface area contributed by atoms with Crippen LogP contribution in [0.4, 0.5) is 0 Å². The van der Waals surface area contributed by atoms with Gasteiger partial charge in [-0.15, -0.1) is 0 Å². The van der Waals surface area contributed by atoms with Crippen molar-refractivity contribution in [2.45, 2.75) is 46.1 Å². The maximum atomic E-state index is 8.88. The van der Waals surface area contributed by atoms with Crippen LogP contribution in [0.15, 0.2) is 0 Å². The summed E-state index contributed by atoms with van der Waals surface area (Å²) in [6, 6.07) is 2.81. The molecule has 0 heterocycles. The van der Waals surface area contributed by atoms with Crippen LogP contribution in [0.25, 0.3) is 0 Å². The highest BCUT2D eigenvalue weighted by atomic mass is 16.5. The van der Waals surface area contributed by atoms with Crippen molar-refractivity contribution in [3.63, 3.8) is 0 Å². The molecule has 0 bridgehead atoms. The van der Waals surface area contributed by atoms with E-state index in [4.69, 9.17) is 10.00 Å². The molecule has 0 aromatic carbocycles. The Hall–Kier alpha value is -0.590. The molecule has 1 atom stereocenters. The Bertz CT molecular complexity index is 220. The van der Waals surface area contributed by atoms with Crippen LogP contribution in [-0.2, 0) is 4.74 Å². The van der Waals surface area contributed by atoms with E-state index in [1.54, 1.807) is 7.11 Å². The predicted octanol–water partition coefficient (Wildman–Crippen LogP) is 2.67. The lowest BCUT2D eigenvalue weighted by molar-refractivity contribution is 0.114. The first-order chi connectivity index (χ1) is 7.43. The molecule has 0 aliphatic heterocycles. The highest BCUT2D eigenvalue weighted by Crippen LogP contribution is 2.21. The first-order valence-electron chi connectivity index (χ1n) is 6.03. The van der Waals surface area contributed by atoms with Crippen LogP contribution in [0, 0.1) is 16.7 Å². The number of hydrogen-bond acceptors (Lipinski definition) is 3. The van der Waals surface area contributed by atoms with Crippen LogP contribution < -0.4 is 0 Å². The Morgan fingerprint density at radius 1 is 1.38 bits per heavy atom. The second-order valence-electron chi connectivity index (χ2n) is 5.24. The molecule has 0 rings (SSSR count). The molecule has 0 fully saturated rings. The Kier molecular flexibility index (Phi) is 7.36. The van der Waals surface area contributed by atoms with Gasteiger partial charge < -0.3 is 9.64 Å². The van der Waals surface area contributed by atoms with Crippen LogP contribution in [0.3, 0.4) is 0 Å². The Morgan fingerprint density at radius 2 is 2.00 bits per heavy atom. The smallest absolute Gasteiger partial charge is 0.0683 e. The third-order valence-electron chi connectivity index (χ3n) is 3.03. The maximum absolute atomic E-state index is 8.88. The van der Waals surface area contributed by atoms with Crippen LogP contribution in [0.1, 0.15) is 40.0 Å². The topological polar surface area (TPSA) is 36.3 Å². The van der Waals surface area contributed by atoms with Gasteiger partial charge in [0.05, 0.1) is 18.1 Å². The van der Waals surface area contributed by atoms with Crippen molar-refractivity contribution in [2.75, 3.05) is 27.3 Å². The zero-order valence-corrected chi connectivity index (χ0v) is 11.4. The van der Waals surface area contributed by atoms with E-state index in [0.717, 1.165) is 32.4 Å². The number of nitrogens with zero attached hydrogens (tertiary/aromatic N) is 2. The maximum Gasteiger partial charge on any atom is 0.0683 e. The van der Waals surface area contributed by atoms with Gasteiger partial charge >= 0.3 is 0 Å². The molecule has 0 aliphatic carbocycles. The van der Waals surface area contributed by atoms with Crippen molar-refractivity contribution >= 4 is 0 Å². The highest BCUT2D eigenvalue weighted by Gasteiger charge is 2.16. The molecule has 0 radical (unpaired) electrons. The molecule has 94 valence electrons. The minimum Gasteiger partial charge on any atom is -0.383 e. The Labute approximate surface area is 100 Å². The number of likely N-dealkylation sites (N-methyl/N-ethyl adjacent to an activating group) is 1. The molecule has 16 heavy (non-hydrogen) atoms. The van der Waals surface area contributed by atoms with Crippen LogP contribution in [0.5, 0.6) is 0 Å². The largest absolute Gasteiger partial charge is 0.383 e. The van der Waals surface area contributed by atoms with Gasteiger partial charge in [-0.1, -0.05) is 6.42 Å². The van der Waals surface area contributed by atoms with E-state index in [1.807, 2.05) is 13.8 Å². The number of ether oxygens (including phenoxy) is 1. The molecule has 0 aliphatic rings. The lowest BCUT2D eigenvalue weighted by Crippen LogP contribution is -2.33. The Balaban J connectivity index is 3.63. The second kappa shape index (κ2) is 7.65. The van der Waals surface area contributed by atoms with Gasteiger partial charge in [-0.05, 0) is 47.2 Å². The zero-order chi connectivity index (χ0) is 12.6. The molecular formula is C13H26N2O. The van der Waals surface area contributed by atoms with E-state index in [9.17, 15) is 0 Å². The van der Waals surface area contributed by atoms with Gasteiger partial charge in [0.25, 0.3) is 0 Å². The standard InChI is InChI=1S/C13H26N2O/c1-12(10-16-5)15(4)9-7-6-8-13(2,3)11-14/h12H,6-10H2,1-5H3. The molecule has 1 unspecified atom stereocenters. The summed E-state index contributed by atoms with van der Waals surface area (Å²) in [6.07, 6.45) is 3.25. The summed E-state index contributed by atoms with van der Waals surface area (Å²) in [6.45, 7) is 8.03. The normalized spacial score (nSPS) is 13.8. The molecule has 0 saturated heterocycles. The fraction of sp³-hybridized carbons (Fsp3) is 0.923. The van der Waals surface area contributed by atoms with Crippen LogP contribution in [-0.4, -0.2) is 38.3 Å². The van der Waals surface area contributed by atoms with Crippen molar-refractivity contribution in [3.05, 3.63) is 0 Å². The van der Waals surface area contributed by atoms with E-state index < -0.39 is 0 Å². The van der Waals surface area contributed by atoms with Crippen molar-refractivity contribution < 1.29 is 4.74 Å². The van der Waals surface area contributed by atoms with E-state index in [0.29, 0.717) is 6.04 Å². The molecular weight excluding hydrogens is 200 g/mol. The van der Waals surface area contributed by atoms with Gasteiger partial charge in [-0.25, -0.2) is 0 Å². The van der Waals surface area contributed by atoms with E-state index >= 15 is 0 Å². The molecule has 0 saturated carbocycles. The van der Waals surface area contributed by atoms with Gasteiger partial charge in [0.15, 0.2) is 0 Å². The van der Waals surface area contributed by atoms with Crippen LogP contribution in [0.2, 0.25) is 0 Å². The quantitative estimate of drug-likeness (QED) is 0.597. The molecule has 0 aromatic rings. The zero-order valence-electron chi connectivity index (χ0n) is 11.4. The summed E-state index contributed by atoms with van der Waals surface area (Å²) >= 11 is 0. The first-order valence-corrected chi connectivity index (χ1v) is 6.03. The fourth-order valence-corrected chi connectivity index (χ4v) is 1.57. The lowest BCUT2D eigenvalue weighted by atomic mass is 9.89. The SMILES string of the molecule is COCC(C)N(C)CCCCC(C)(C)C#N. The monoisotopic (exact) mass is 226 g/mol. The summed E-state index contributed by atoms with van der Waals surface area (Å²) in [4.78, 5) is 2.31. The first kappa shape index (κ1) is 15.4.